The van der Waals surface area contributed by atoms with Crippen molar-refractivity contribution >= 4 is 48.0 Å². The molecule has 0 saturated carbocycles. The molecule has 8 N–H and O–H groups in total. The summed E-state index contributed by atoms with van der Waals surface area (Å²) in [4.78, 5) is 109. The summed E-state index contributed by atoms with van der Waals surface area (Å²) in [5.41, 5.74) is -2.52. The molecule has 1 fully saturated rings. The van der Waals surface area contributed by atoms with E-state index in [1.807, 2.05) is 19.6 Å². The first-order chi connectivity index (χ1) is 37.5. The lowest BCUT2D eigenvalue weighted by molar-refractivity contribution is -0.125. The van der Waals surface area contributed by atoms with Crippen molar-refractivity contribution < 1.29 is 76.3 Å². The maximum absolute atomic E-state index is 13.4. The van der Waals surface area contributed by atoms with E-state index in [9.17, 15) is 38.4 Å². The fraction of sp³-hybridized carbons (Fsp3) is 0.846. The number of hydrogen-bond donors (Lipinski definition) is 8. The number of ether oxygens (including phenoxy) is 8. The Labute approximate surface area is 474 Å². The maximum atomic E-state index is 13.4. The zero-order valence-electron chi connectivity index (χ0n) is 50.1. The Balaban J connectivity index is 3.08. The Morgan fingerprint density at radius 3 is 0.575 bits per heavy atom. The normalized spacial score (nSPS) is 14.8. The van der Waals surface area contributed by atoms with Crippen LogP contribution < -0.4 is 42.5 Å². The Bertz CT molecular complexity index is 1550. The average molecular weight is 1150 g/mol. The Morgan fingerprint density at radius 1 is 0.275 bits per heavy atom. The van der Waals surface area contributed by atoms with Crippen LogP contribution in [0.15, 0.2) is 0 Å². The first-order valence-corrected chi connectivity index (χ1v) is 27.6. The van der Waals surface area contributed by atoms with Crippen molar-refractivity contribution in [1.29, 1.82) is 0 Å². The van der Waals surface area contributed by atoms with Gasteiger partial charge < -0.3 is 80.4 Å². The predicted molar refractivity (Wildman–Crippen MR) is 298 cm³/mol. The van der Waals surface area contributed by atoms with E-state index in [0.29, 0.717) is 52.4 Å². The molecule has 0 aromatic heterocycles. The van der Waals surface area contributed by atoms with Crippen molar-refractivity contribution in [2.24, 2.45) is 0 Å². The smallest absolute Gasteiger partial charge is 0.407 e. The van der Waals surface area contributed by atoms with Crippen molar-refractivity contribution in [2.75, 3.05) is 184 Å². The molecular weight excluding hydrogens is 1050 g/mol. The van der Waals surface area contributed by atoms with Gasteiger partial charge >= 0.3 is 24.4 Å². The lowest BCUT2D eigenvalue weighted by Gasteiger charge is -2.33. The van der Waals surface area contributed by atoms with E-state index in [4.69, 9.17) is 37.9 Å². The molecule has 28 nitrogen and oxygen atoms in total. The van der Waals surface area contributed by atoms with Crippen LogP contribution in [0.4, 0.5) is 19.2 Å². The molecule has 464 valence electrons. The summed E-state index contributed by atoms with van der Waals surface area (Å²) in [6.45, 7) is 27.7. The standard InChI is InChI=1S/C52H100N12O16/c1-49(2,3)77-45(69)57-17-33-73-29-13-53-41(65)37-61-21-23-62(38-42(66)54-14-30-74-34-18-58-46(70)78-50(4,5)6)25-27-64(40-44(68)56-16-32-76-36-20-60-48(72)80-52(10,11)12)28-26-63(24-22-61)39-43(67)55-15-31-75-35-19-59-47(71)79-51(7,8)9/h13-40H2,1-12H3,(H,53,65)(H,54,66)(H,55,67)(H,56,68)(H,57,69)(H,58,70)(H,59,71)(H,60,72). The lowest BCUT2D eigenvalue weighted by Crippen LogP contribution is -2.51. The molecule has 80 heavy (non-hydrogen) atoms. The van der Waals surface area contributed by atoms with Crippen LogP contribution in [0, 0.1) is 0 Å². The molecule has 1 saturated heterocycles. The molecular formula is C52H100N12O16. The summed E-state index contributed by atoms with van der Waals surface area (Å²) in [6.07, 6.45) is -2.21. The minimum absolute atomic E-state index is 0.0107. The molecule has 1 rings (SSSR count). The van der Waals surface area contributed by atoms with Gasteiger partial charge in [-0.1, -0.05) is 0 Å². The van der Waals surface area contributed by atoms with Crippen molar-refractivity contribution in [2.45, 2.75) is 105 Å². The van der Waals surface area contributed by atoms with Crippen molar-refractivity contribution in [3.8, 4) is 0 Å². The van der Waals surface area contributed by atoms with Crippen molar-refractivity contribution in [1.82, 2.24) is 62.1 Å². The van der Waals surface area contributed by atoms with E-state index in [1.165, 1.54) is 0 Å². The van der Waals surface area contributed by atoms with E-state index >= 15 is 0 Å². The number of hydrogen-bond acceptors (Lipinski definition) is 20. The molecule has 0 atom stereocenters. The van der Waals surface area contributed by atoms with Gasteiger partial charge in [-0.15, -0.1) is 0 Å². The molecule has 8 amide bonds. The molecule has 0 radical (unpaired) electrons. The Morgan fingerprint density at radius 2 is 0.425 bits per heavy atom. The minimum atomic E-state index is -0.630. The second kappa shape index (κ2) is 39.9. The Hall–Kier alpha value is -5.36. The van der Waals surface area contributed by atoms with Crippen molar-refractivity contribution in [3.63, 3.8) is 0 Å². The van der Waals surface area contributed by atoms with E-state index in [1.54, 1.807) is 83.1 Å². The zero-order chi connectivity index (χ0) is 60.0. The maximum Gasteiger partial charge on any atom is 0.407 e. The van der Waals surface area contributed by atoms with Crippen LogP contribution in [-0.4, -0.2) is 274 Å². The second-order valence-electron chi connectivity index (χ2n) is 22.7. The van der Waals surface area contributed by atoms with Crippen LogP contribution in [0.3, 0.4) is 0 Å². The van der Waals surface area contributed by atoms with Gasteiger partial charge in [0, 0.05) is 105 Å². The molecule has 0 aromatic carbocycles. The number of amides is 8. The monoisotopic (exact) mass is 1150 g/mol. The van der Waals surface area contributed by atoms with Crippen molar-refractivity contribution in [3.05, 3.63) is 0 Å². The Kier molecular flexibility index (Phi) is 36.3. The molecule has 1 aliphatic rings. The van der Waals surface area contributed by atoms with E-state index in [-0.39, 0.29) is 155 Å². The lowest BCUT2D eigenvalue weighted by atomic mass is 10.2. The number of rotatable bonds is 32. The van der Waals surface area contributed by atoms with Gasteiger partial charge in [0.15, 0.2) is 0 Å². The zero-order valence-corrected chi connectivity index (χ0v) is 50.1. The summed E-state index contributed by atoms with van der Waals surface area (Å²) in [7, 11) is 0. The number of nitrogens with one attached hydrogen (secondary N) is 8. The van der Waals surface area contributed by atoms with Gasteiger partial charge in [0.2, 0.25) is 23.6 Å². The van der Waals surface area contributed by atoms with Gasteiger partial charge in [0.1, 0.15) is 22.4 Å². The van der Waals surface area contributed by atoms with Gasteiger partial charge in [0.25, 0.3) is 0 Å². The van der Waals surface area contributed by atoms with E-state index in [2.05, 4.69) is 42.5 Å². The predicted octanol–water partition coefficient (Wildman–Crippen LogP) is -0.162. The van der Waals surface area contributed by atoms with E-state index in [0.717, 1.165) is 0 Å². The number of carbonyl (C=O) groups is 8. The third-order valence-corrected chi connectivity index (χ3v) is 10.3. The molecule has 1 aliphatic heterocycles. The van der Waals surface area contributed by atoms with Gasteiger partial charge in [-0.2, -0.15) is 0 Å². The van der Waals surface area contributed by atoms with Gasteiger partial charge in [-0.3, -0.25) is 38.8 Å². The number of carbonyl (C=O) groups excluding carboxylic acids is 8. The average Bonchev–Trinajstić information content (AvgIpc) is 3.31. The quantitative estimate of drug-likeness (QED) is 0.0321. The summed E-state index contributed by atoms with van der Waals surface area (Å²) >= 11 is 0. The highest BCUT2D eigenvalue weighted by atomic mass is 16.6. The van der Waals surface area contributed by atoms with Crippen LogP contribution >= 0.6 is 0 Å². The fourth-order valence-corrected chi connectivity index (χ4v) is 6.86. The first-order valence-electron chi connectivity index (χ1n) is 27.6. The van der Waals surface area contributed by atoms with Crippen LogP contribution in [0.25, 0.3) is 0 Å². The third kappa shape index (κ3) is 45.4. The molecule has 0 aromatic rings. The number of nitrogens with zero attached hydrogens (tertiary/aromatic N) is 4. The summed E-state index contributed by atoms with van der Waals surface area (Å²) < 4.78 is 43.3. The highest BCUT2D eigenvalue weighted by Crippen LogP contribution is 2.09. The number of alkyl carbamates (subject to hydrolysis) is 4. The van der Waals surface area contributed by atoms with Crippen LogP contribution in [0.2, 0.25) is 0 Å². The summed E-state index contributed by atoms with van der Waals surface area (Å²) in [6, 6.07) is 0. The molecule has 1 heterocycles. The highest BCUT2D eigenvalue weighted by molar-refractivity contribution is 5.79. The minimum Gasteiger partial charge on any atom is -0.444 e. The topological polar surface area (TPSA) is 320 Å². The fourth-order valence-electron chi connectivity index (χ4n) is 6.86. The van der Waals surface area contributed by atoms with Gasteiger partial charge in [-0.25, -0.2) is 19.2 Å². The molecule has 0 unspecified atom stereocenters. The third-order valence-electron chi connectivity index (χ3n) is 10.3. The van der Waals surface area contributed by atoms with Crippen LogP contribution in [0.5, 0.6) is 0 Å². The SMILES string of the molecule is CC(C)(C)OC(=O)NCCOCCNC(=O)CN1CCN(CC(=O)NCCOCCNC(=O)OC(C)(C)C)CCN(CC(=O)NCCOCCNC(=O)OC(C)(C)C)CCN(CC(=O)NCCOCCNC(=O)OC(C)(C)C)CC1. The first kappa shape index (κ1) is 72.7. The van der Waals surface area contributed by atoms with Crippen LogP contribution in [-0.2, 0) is 57.1 Å². The molecule has 0 spiro atoms. The highest BCUT2D eigenvalue weighted by Gasteiger charge is 2.23. The molecule has 0 aliphatic carbocycles. The largest absolute Gasteiger partial charge is 0.444 e. The van der Waals surface area contributed by atoms with E-state index < -0.39 is 46.8 Å². The van der Waals surface area contributed by atoms with Gasteiger partial charge in [-0.05, 0) is 83.1 Å². The summed E-state index contributed by atoms with van der Waals surface area (Å²) in [5.74, 6) is -1.04. The molecule has 28 heteroatoms. The van der Waals surface area contributed by atoms with Crippen LogP contribution in [0.1, 0.15) is 83.1 Å². The second-order valence-corrected chi connectivity index (χ2v) is 22.7. The summed E-state index contributed by atoms with van der Waals surface area (Å²) in [5, 5.41) is 22.0. The molecule has 0 bridgehead atoms. The van der Waals surface area contributed by atoms with Gasteiger partial charge in [0.05, 0.1) is 79.0 Å².